The van der Waals surface area contributed by atoms with E-state index in [9.17, 15) is 0 Å². The maximum absolute atomic E-state index is 6.45. The zero-order valence-electron chi connectivity index (χ0n) is 14.0. The average molecular weight is 369 g/mol. The Morgan fingerprint density at radius 2 is 1.92 bits per heavy atom. The summed E-state index contributed by atoms with van der Waals surface area (Å²) in [7, 11) is 0. The van der Waals surface area contributed by atoms with Crippen LogP contribution in [0.4, 0.5) is 0 Å². The van der Waals surface area contributed by atoms with Gasteiger partial charge in [-0.3, -0.25) is 4.90 Å². The normalized spacial score (nSPS) is 32.6. The molecule has 0 radical (unpaired) electrons. The third kappa shape index (κ3) is 3.91. The number of nitrogens with one attached hydrogen (secondary N) is 1. The summed E-state index contributed by atoms with van der Waals surface area (Å²) in [5.41, 5.74) is 1.19. The molecule has 3 nitrogen and oxygen atoms in total. The predicted molar refractivity (Wildman–Crippen MR) is 98.8 cm³/mol. The first kappa shape index (κ1) is 17.1. The molecule has 3 heterocycles. The van der Waals surface area contributed by atoms with E-state index in [1.54, 1.807) is 0 Å². The number of halogens is 2. The molecule has 4 atom stereocenters. The van der Waals surface area contributed by atoms with Crippen LogP contribution in [0.5, 0.6) is 0 Å². The number of hydrogen-bond acceptors (Lipinski definition) is 3. The van der Waals surface area contributed by atoms with E-state index in [2.05, 4.69) is 16.3 Å². The van der Waals surface area contributed by atoms with Crippen LogP contribution in [-0.4, -0.2) is 42.8 Å². The van der Waals surface area contributed by atoms with E-state index < -0.39 is 0 Å². The lowest BCUT2D eigenvalue weighted by atomic mass is 9.98. The number of fused-ring (bicyclic) bond motifs is 2. The van der Waals surface area contributed by atoms with Crippen LogP contribution in [0, 0.1) is 5.92 Å². The van der Waals surface area contributed by atoms with E-state index in [0.717, 1.165) is 37.1 Å². The summed E-state index contributed by atoms with van der Waals surface area (Å²) in [6.45, 7) is 4.35. The maximum Gasteiger partial charge on any atom is 0.0594 e. The minimum Gasteiger partial charge on any atom is -0.375 e. The van der Waals surface area contributed by atoms with Gasteiger partial charge in [0.15, 0.2) is 0 Å². The molecular formula is C19H26Cl2N2O. The van der Waals surface area contributed by atoms with Gasteiger partial charge in [-0.2, -0.15) is 0 Å². The van der Waals surface area contributed by atoms with Gasteiger partial charge in [-0.05, 0) is 68.8 Å². The maximum atomic E-state index is 6.45. The summed E-state index contributed by atoms with van der Waals surface area (Å²) in [6, 6.07) is 6.51. The Hall–Kier alpha value is -0.320. The zero-order valence-corrected chi connectivity index (χ0v) is 15.5. The third-order valence-corrected chi connectivity index (χ3v) is 6.41. The predicted octanol–water partition coefficient (Wildman–Crippen LogP) is 4.11. The number of hydrogen-bond donors (Lipinski definition) is 1. The molecule has 0 spiro atoms. The van der Waals surface area contributed by atoms with Gasteiger partial charge in [0.2, 0.25) is 0 Å². The van der Waals surface area contributed by atoms with E-state index in [0.29, 0.717) is 23.3 Å². The summed E-state index contributed by atoms with van der Waals surface area (Å²) in [4.78, 5) is 2.67. The summed E-state index contributed by atoms with van der Waals surface area (Å²) >= 11 is 12.5. The highest BCUT2D eigenvalue weighted by molar-refractivity contribution is 6.35. The van der Waals surface area contributed by atoms with Crippen molar-refractivity contribution in [3.05, 3.63) is 33.8 Å². The minimum atomic E-state index is 0.471. The molecule has 3 aliphatic rings. The molecule has 1 N–H and O–H groups in total. The van der Waals surface area contributed by atoms with Crippen LogP contribution in [0.1, 0.15) is 37.7 Å². The van der Waals surface area contributed by atoms with Crippen LogP contribution in [0.15, 0.2) is 18.2 Å². The number of benzene rings is 1. The molecule has 3 fully saturated rings. The summed E-state index contributed by atoms with van der Waals surface area (Å²) < 4.78 is 6.05. The standard InChI is InChI=1S/C19H26Cl2N2O/c20-15-2-1-14(19(21)7-15)12-23(11-13-5-6-22-10-13)16-8-17-3-4-18(9-16)24-17/h1-2,7,13,16-18,22H,3-6,8-12H2/t13-,16?,17-,18+/m1/s1. The van der Waals surface area contributed by atoms with Gasteiger partial charge in [0, 0.05) is 29.2 Å². The van der Waals surface area contributed by atoms with Gasteiger partial charge in [-0.25, -0.2) is 0 Å². The summed E-state index contributed by atoms with van der Waals surface area (Å²) in [5, 5.41) is 4.99. The van der Waals surface area contributed by atoms with Gasteiger partial charge >= 0.3 is 0 Å². The Kier molecular flexibility index (Phi) is 5.35. The smallest absolute Gasteiger partial charge is 0.0594 e. The van der Waals surface area contributed by atoms with Crippen molar-refractivity contribution in [2.24, 2.45) is 5.92 Å². The highest BCUT2D eigenvalue weighted by atomic mass is 35.5. The Morgan fingerprint density at radius 1 is 1.12 bits per heavy atom. The molecular weight excluding hydrogens is 343 g/mol. The van der Waals surface area contributed by atoms with Crippen molar-refractivity contribution in [1.82, 2.24) is 10.2 Å². The van der Waals surface area contributed by atoms with E-state index >= 15 is 0 Å². The van der Waals surface area contributed by atoms with Crippen molar-refractivity contribution in [3.8, 4) is 0 Å². The molecule has 0 saturated carbocycles. The molecule has 132 valence electrons. The molecule has 1 aromatic carbocycles. The minimum absolute atomic E-state index is 0.471. The van der Waals surface area contributed by atoms with E-state index in [4.69, 9.17) is 27.9 Å². The van der Waals surface area contributed by atoms with E-state index in [-0.39, 0.29) is 0 Å². The lowest BCUT2D eigenvalue weighted by Crippen LogP contribution is -2.44. The van der Waals surface area contributed by atoms with Crippen molar-refractivity contribution >= 4 is 23.2 Å². The average Bonchev–Trinajstić information content (AvgIpc) is 3.18. The van der Waals surface area contributed by atoms with Crippen molar-refractivity contribution < 1.29 is 4.74 Å². The Labute approximate surface area is 154 Å². The fourth-order valence-electron chi connectivity index (χ4n) is 4.54. The van der Waals surface area contributed by atoms with Gasteiger partial charge < -0.3 is 10.1 Å². The molecule has 5 heteroatoms. The van der Waals surface area contributed by atoms with Crippen molar-refractivity contribution in [3.63, 3.8) is 0 Å². The lowest BCUT2D eigenvalue weighted by molar-refractivity contribution is -0.0406. The molecule has 1 aromatic rings. The third-order valence-electron chi connectivity index (χ3n) is 5.83. The fourth-order valence-corrected chi connectivity index (χ4v) is 5.01. The van der Waals surface area contributed by atoms with Crippen LogP contribution in [-0.2, 0) is 11.3 Å². The first-order chi connectivity index (χ1) is 11.7. The molecule has 3 aliphatic heterocycles. The first-order valence-electron chi connectivity index (χ1n) is 9.21. The number of nitrogens with zero attached hydrogens (tertiary/aromatic N) is 1. The van der Waals surface area contributed by atoms with Crippen molar-refractivity contribution in [1.29, 1.82) is 0 Å². The van der Waals surface area contributed by atoms with Crippen LogP contribution in [0.25, 0.3) is 0 Å². The summed E-state index contributed by atoms with van der Waals surface area (Å²) in [6.07, 6.45) is 7.03. The Bertz CT molecular complexity index is 564. The van der Waals surface area contributed by atoms with Crippen molar-refractivity contribution in [2.45, 2.75) is 56.9 Å². The molecule has 0 aromatic heterocycles. The lowest BCUT2D eigenvalue weighted by Gasteiger charge is -2.38. The van der Waals surface area contributed by atoms with Crippen LogP contribution in [0.2, 0.25) is 10.0 Å². The Morgan fingerprint density at radius 3 is 2.58 bits per heavy atom. The molecule has 3 saturated heterocycles. The monoisotopic (exact) mass is 368 g/mol. The molecule has 2 bridgehead atoms. The second-order valence-corrected chi connectivity index (χ2v) is 8.45. The van der Waals surface area contributed by atoms with Crippen molar-refractivity contribution in [2.75, 3.05) is 19.6 Å². The second kappa shape index (κ2) is 7.51. The molecule has 0 amide bonds. The van der Waals surface area contributed by atoms with E-state index in [1.165, 1.54) is 37.7 Å². The van der Waals surface area contributed by atoms with E-state index in [1.807, 2.05) is 12.1 Å². The molecule has 4 rings (SSSR count). The van der Waals surface area contributed by atoms with Gasteiger partial charge in [0.25, 0.3) is 0 Å². The van der Waals surface area contributed by atoms with Gasteiger partial charge in [0.1, 0.15) is 0 Å². The second-order valence-electron chi connectivity index (χ2n) is 7.61. The van der Waals surface area contributed by atoms with Gasteiger partial charge in [0.05, 0.1) is 12.2 Å². The van der Waals surface area contributed by atoms with Crippen LogP contribution < -0.4 is 5.32 Å². The quantitative estimate of drug-likeness (QED) is 0.845. The van der Waals surface area contributed by atoms with Gasteiger partial charge in [-0.1, -0.05) is 29.3 Å². The summed E-state index contributed by atoms with van der Waals surface area (Å²) in [5.74, 6) is 0.747. The molecule has 0 aliphatic carbocycles. The fraction of sp³-hybridized carbons (Fsp3) is 0.684. The van der Waals surface area contributed by atoms with Gasteiger partial charge in [-0.15, -0.1) is 0 Å². The Balaban J connectivity index is 1.50. The topological polar surface area (TPSA) is 24.5 Å². The SMILES string of the molecule is Clc1ccc(CN(C[C@@H]2CCNC2)C2C[C@H]3CC[C@@H](C2)O3)c(Cl)c1. The molecule has 24 heavy (non-hydrogen) atoms. The first-order valence-corrected chi connectivity index (χ1v) is 9.97. The van der Waals surface area contributed by atoms with Crippen LogP contribution >= 0.6 is 23.2 Å². The largest absolute Gasteiger partial charge is 0.375 e. The highest BCUT2D eigenvalue weighted by Gasteiger charge is 2.38. The number of rotatable bonds is 5. The molecule has 1 unspecified atom stereocenters. The van der Waals surface area contributed by atoms with Crippen LogP contribution in [0.3, 0.4) is 0 Å². The number of ether oxygens (including phenoxy) is 1. The zero-order chi connectivity index (χ0) is 16.5. The highest BCUT2D eigenvalue weighted by Crippen LogP contribution is 2.36.